The van der Waals surface area contributed by atoms with Crippen LogP contribution in [0.4, 0.5) is 5.13 Å². The highest BCUT2D eigenvalue weighted by molar-refractivity contribution is 7.13. The highest BCUT2D eigenvalue weighted by Gasteiger charge is 2.19. The van der Waals surface area contributed by atoms with Crippen LogP contribution < -0.4 is 5.32 Å². The summed E-state index contributed by atoms with van der Waals surface area (Å²) in [4.78, 5) is 15.6. The van der Waals surface area contributed by atoms with Crippen LogP contribution in [-0.4, -0.2) is 16.0 Å². The van der Waals surface area contributed by atoms with E-state index in [0.29, 0.717) is 20.7 Å². The predicted octanol–water partition coefficient (Wildman–Crippen LogP) is 3.12. The average Bonchev–Trinajstić information content (AvgIpc) is 2.79. The molecule has 94 valence electrons. The monoisotopic (exact) mass is 302 g/mol. The average molecular weight is 303 g/mol. The largest absolute Gasteiger partial charge is 0.378 e. The fraction of sp³-hybridized carbons (Fsp3) is 0.0909. The molecule has 1 atom stereocenters. The fourth-order valence-corrected chi connectivity index (χ4v) is 2.42. The number of halogens is 2. The van der Waals surface area contributed by atoms with Gasteiger partial charge in [-0.05, 0) is 23.8 Å². The van der Waals surface area contributed by atoms with Crippen LogP contribution >= 0.6 is 34.5 Å². The maximum absolute atomic E-state index is 11.8. The molecular weight excluding hydrogens is 295 g/mol. The molecule has 2 aromatic rings. The van der Waals surface area contributed by atoms with E-state index in [2.05, 4.69) is 10.3 Å². The maximum Gasteiger partial charge on any atom is 0.259 e. The number of carbonyl (C=O) groups excluding carboxylic acids is 1. The topological polar surface area (TPSA) is 62.2 Å². The van der Waals surface area contributed by atoms with E-state index < -0.39 is 12.0 Å². The van der Waals surface area contributed by atoms with Crippen molar-refractivity contribution < 1.29 is 9.90 Å². The van der Waals surface area contributed by atoms with Gasteiger partial charge >= 0.3 is 0 Å². The van der Waals surface area contributed by atoms with Gasteiger partial charge in [0.25, 0.3) is 5.91 Å². The van der Waals surface area contributed by atoms with Gasteiger partial charge in [0.1, 0.15) is 0 Å². The first-order valence-electron chi connectivity index (χ1n) is 4.90. The Kier molecular flexibility index (Phi) is 4.19. The highest BCUT2D eigenvalue weighted by Crippen LogP contribution is 2.24. The Hall–Kier alpha value is -1.14. The van der Waals surface area contributed by atoms with Gasteiger partial charge in [-0.15, -0.1) is 11.3 Å². The number of benzene rings is 1. The Morgan fingerprint density at radius 1 is 1.33 bits per heavy atom. The summed E-state index contributed by atoms with van der Waals surface area (Å²) in [5.41, 5.74) is 0.335. The minimum Gasteiger partial charge on any atom is -0.378 e. The van der Waals surface area contributed by atoms with Crippen LogP contribution in [0.1, 0.15) is 11.7 Å². The second-order valence-electron chi connectivity index (χ2n) is 3.43. The number of aliphatic hydroxyl groups excluding tert-OH is 1. The summed E-state index contributed by atoms with van der Waals surface area (Å²) in [6, 6.07) is 4.50. The van der Waals surface area contributed by atoms with Crippen molar-refractivity contribution in [1.82, 2.24) is 4.98 Å². The predicted molar refractivity (Wildman–Crippen MR) is 72.2 cm³/mol. The number of rotatable bonds is 3. The summed E-state index contributed by atoms with van der Waals surface area (Å²) >= 11 is 12.9. The Morgan fingerprint density at radius 2 is 2.00 bits per heavy atom. The van der Waals surface area contributed by atoms with Gasteiger partial charge in [0.05, 0.1) is 0 Å². The fourth-order valence-electron chi connectivity index (χ4n) is 1.34. The number of amides is 1. The SMILES string of the molecule is O=C(Nc1nccs1)C(O)c1cc(Cl)cc(Cl)c1. The van der Waals surface area contributed by atoms with E-state index in [-0.39, 0.29) is 0 Å². The second-order valence-corrected chi connectivity index (χ2v) is 5.20. The molecule has 1 unspecified atom stereocenters. The Balaban J connectivity index is 2.15. The molecule has 2 N–H and O–H groups in total. The van der Waals surface area contributed by atoms with Crippen LogP contribution in [0.3, 0.4) is 0 Å². The molecule has 1 amide bonds. The van der Waals surface area contributed by atoms with Crippen molar-refractivity contribution in [1.29, 1.82) is 0 Å². The third kappa shape index (κ3) is 3.20. The quantitative estimate of drug-likeness (QED) is 0.915. The maximum atomic E-state index is 11.8. The Bertz CT molecular complexity index is 540. The summed E-state index contributed by atoms with van der Waals surface area (Å²) in [7, 11) is 0. The first kappa shape index (κ1) is 13.3. The number of carbonyl (C=O) groups is 1. The van der Waals surface area contributed by atoms with Gasteiger partial charge in [-0.3, -0.25) is 10.1 Å². The molecule has 0 radical (unpaired) electrons. The summed E-state index contributed by atoms with van der Waals surface area (Å²) in [5.74, 6) is -0.580. The summed E-state index contributed by atoms with van der Waals surface area (Å²) < 4.78 is 0. The molecule has 0 spiro atoms. The third-order valence-electron chi connectivity index (χ3n) is 2.11. The number of aliphatic hydroxyl groups is 1. The van der Waals surface area contributed by atoms with Gasteiger partial charge in [0.15, 0.2) is 11.2 Å². The molecule has 18 heavy (non-hydrogen) atoms. The molecule has 0 fully saturated rings. The number of nitrogens with one attached hydrogen (secondary N) is 1. The molecule has 0 bridgehead atoms. The number of aromatic nitrogens is 1. The molecule has 0 aliphatic carbocycles. The minimum atomic E-state index is -1.34. The number of hydrogen-bond acceptors (Lipinski definition) is 4. The van der Waals surface area contributed by atoms with Crippen LogP contribution in [0, 0.1) is 0 Å². The van der Waals surface area contributed by atoms with Crippen LogP contribution in [0.5, 0.6) is 0 Å². The zero-order valence-electron chi connectivity index (χ0n) is 8.93. The van der Waals surface area contributed by atoms with Crippen molar-refractivity contribution in [3.63, 3.8) is 0 Å². The van der Waals surface area contributed by atoms with E-state index in [9.17, 15) is 9.90 Å². The molecule has 0 aliphatic heterocycles. The molecular formula is C11H8Cl2N2O2S. The molecule has 0 saturated carbocycles. The van der Waals surface area contributed by atoms with Crippen molar-refractivity contribution >= 4 is 45.6 Å². The summed E-state index contributed by atoms with van der Waals surface area (Å²) in [5, 5.41) is 15.2. The Morgan fingerprint density at radius 3 is 2.56 bits per heavy atom. The smallest absolute Gasteiger partial charge is 0.259 e. The Labute approximate surface area is 117 Å². The number of thiazole rings is 1. The lowest BCUT2D eigenvalue weighted by molar-refractivity contribution is -0.124. The molecule has 1 heterocycles. The molecule has 1 aromatic carbocycles. The standard InChI is InChI=1S/C11H8Cl2N2O2S/c12-7-3-6(4-8(13)5-7)9(16)10(17)15-11-14-1-2-18-11/h1-5,9,16H,(H,14,15,17). The van der Waals surface area contributed by atoms with E-state index in [1.165, 1.54) is 29.5 Å². The lowest BCUT2D eigenvalue weighted by Crippen LogP contribution is -2.20. The van der Waals surface area contributed by atoms with Crippen LogP contribution in [0.2, 0.25) is 10.0 Å². The highest BCUT2D eigenvalue weighted by atomic mass is 35.5. The van der Waals surface area contributed by atoms with Crippen LogP contribution in [0.15, 0.2) is 29.8 Å². The zero-order valence-corrected chi connectivity index (χ0v) is 11.3. The van der Waals surface area contributed by atoms with Gasteiger partial charge in [0, 0.05) is 21.6 Å². The lowest BCUT2D eigenvalue weighted by atomic mass is 10.1. The van der Waals surface area contributed by atoms with Gasteiger partial charge in [-0.2, -0.15) is 0 Å². The number of anilines is 1. The van der Waals surface area contributed by atoms with Gasteiger partial charge < -0.3 is 5.11 Å². The van der Waals surface area contributed by atoms with Crippen molar-refractivity contribution in [3.8, 4) is 0 Å². The van der Waals surface area contributed by atoms with E-state index >= 15 is 0 Å². The molecule has 0 saturated heterocycles. The van der Waals surface area contributed by atoms with E-state index in [4.69, 9.17) is 23.2 Å². The van der Waals surface area contributed by atoms with Crippen molar-refractivity contribution in [3.05, 3.63) is 45.4 Å². The van der Waals surface area contributed by atoms with E-state index in [0.717, 1.165) is 0 Å². The van der Waals surface area contributed by atoms with E-state index in [1.807, 2.05) is 0 Å². The summed E-state index contributed by atoms with van der Waals surface area (Å²) in [6.45, 7) is 0. The second kappa shape index (κ2) is 5.67. The first-order valence-corrected chi connectivity index (χ1v) is 6.54. The summed E-state index contributed by atoms with van der Waals surface area (Å²) in [6.07, 6.45) is 0.216. The lowest BCUT2D eigenvalue weighted by Gasteiger charge is -2.10. The number of nitrogens with zero attached hydrogens (tertiary/aromatic N) is 1. The van der Waals surface area contributed by atoms with Crippen molar-refractivity contribution in [2.75, 3.05) is 5.32 Å². The van der Waals surface area contributed by atoms with Crippen LogP contribution in [0.25, 0.3) is 0 Å². The van der Waals surface area contributed by atoms with Crippen molar-refractivity contribution in [2.24, 2.45) is 0 Å². The third-order valence-corrected chi connectivity index (χ3v) is 3.24. The molecule has 2 rings (SSSR count). The minimum absolute atomic E-state index is 0.335. The van der Waals surface area contributed by atoms with Crippen LogP contribution in [-0.2, 0) is 4.79 Å². The van der Waals surface area contributed by atoms with Gasteiger partial charge in [-0.1, -0.05) is 23.2 Å². The van der Waals surface area contributed by atoms with E-state index in [1.54, 1.807) is 11.6 Å². The zero-order chi connectivity index (χ0) is 13.1. The molecule has 7 heteroatoms. The van der Waals surface area contributed by atoms with Gasteiger partial charge in [-0.25, -0.2) is 4.98 Å². The molecule has 0 aliphatic rings. The van der Waals surface area contributed by atoms with Gasteiger partial charge in [0.2, 0.25) is 0 Å². The molecule has 4 nitrogen and oxygen atoms in total. The number of hydrogen-bond donors (Lipinski definition) is 2. The first-order chi connectivity index (χ1) is 8.56. The molecule has 1 aromatic heterocycles. The van der Waals surface area contributed by atoms with Crippen molar-refractivity contribution in [2.45, 2.75) is 6.10 Å². The normalized spacial score (nSPS) is 12.2.